The van der Waals surface area contributed by atoms with Gasteiger partial charge in [-0.1, -0.05) is 6.92 Å². The minimum atomic E-state index is -4.52. The second-order valence-electron chi connectivity index (χ2n) is 6.90. The standard InChI is InChI=1S/C18H23F3N6O2S/c1-2-11-9-12-15(24-17(25-16(12)30-11)23-13(28)3-4-22)27-7-5-26(6-8-27)14(29)10-18(19,20)21/h9H,2-8,10,22H2,1H3,(H,23,24,25,28). The number of halogens is 3. The third-order valence-electron chi connectivity index (χ3n) is 4.68. The van der Waals surface area contributed by atoms with Crippen molar-refractivity contribution in [3.63, 3.8) is 0 Å². The van der Waals surface area contributed by atoms with Crippen LogP contribution in [-0.4, -0.2) is 65.6 Å². The summed E-state index contributed by atoms with van der Waals surface area (Å²) >= 11 is 1.50. The molecule has 1 fully saturated rings. The first kappa shape index (κ1) is 22.2. The predicted molar refractivity (Wildman–Crippen MR) is 109 cm³/mol. The van der Waals surface area contributed by atoms with Crippen LogP contribution in [0.25, 0.3) is 10.2 Å². The van der Waals surface area contributed by atoms with E-state index in [1.54, 1.807) is 0 Å². The van der Waals surface area contributed by atoms with E-state index in [0.29, 0.717) is 18.9 Å². The molecule has 0 aliphatic carbocycles. The van der Waals surface area contributed by atoms with Crippen molar-refractivity contribution in [2.75, 3.05) is 42.9 Å². The Bertz CT molecular complexity index is 925. The molecule has 0 bridgehead atoms. The summed E-state index contributed by atoms with van der Waals surface area (Å²) in [4.78, 5) is 37.6. The van der Waals surface area contributed by atoms with Crippen LogP contribution in [0.2, 0.25) is 0 Å². The number of carbonyl (C=O) groups excluding carboxylic acids is 2. The minimum Gasteiger partial charge on any atom is -0.352 e. The van der Waals surface area contributed by atoms with Crippen molar-refractivity contribution in [2.45, 2.75) is 32.4 Å². The number of thiophene rings is 1. The normalized spacial score (nSPS) is 15.0. The van der Waals surface area contributed by atoms with Gasteiger partial charge in [-0.25, -0.2) is 4.98 Å². The number of hydrogen-bond acceptors (Lipinski definition) is 7. The molecule has 0 radical (unpaired) electrons. The predicted octanol–water partition coefficient (Wildman–Crippen LogP) is 2.14. The van der Waals surface area contributed by atoms with Crippen molar-refractivity contribution in [1.29, 1.82) is 0 Å². The third-order valence-corrected chi connectivity index (χ3v) is 5.85. The summed E-state index contributed by atoms with van der Waals surface area (Å²) in [5.74, 6) is -0.455. The van der Waals surface area contributed by atoms with Gasteiger partial charge in [0.1, 0.15) is 17.1 Å². The van der Waals surface area contributed by atoms with E-state index < -0.39 is 18.5 Å². The van der Waals surface area contributed by atoms with Gasteiger partial charge >= 0.3 is 6.18 Å². The number of alkyl halides is 3. The highest BCUT2D eigenvalue weighted by Crippen LogP contribution is 2.33. The number of aryl methyl sites for hydroxylation is 1. The molecule has 0 unspecified atom stereocenters. The van der Waals surface area contributed by atoms with E-state index in [2.05, 4.69) is 15.3 Å². The fourth-order valence-corrected chi connectivity index (χ4v) is 4.16. The average Bonchev–Trinajstić information content (AvgIpc) is 3.09. The van der Waals surface area contributed by atoms with Crippen molar-refractivity contribution >= 4 is 45.1 Å². The van der Waals surface area contributed by atoms with Gasteiger partial charge in [0, 0.05) is 44.0 Å². The summed E-state index contributed by atoms with van der Waals surface area (Å²) in [5, 5.41) is 3.47. The topological polar surface area (TPSA) is 104 Å². The maximum atomic E-state index is 12.5. The summed E-state index contributed by atoms with van der Waals surface area (Å²) in [7, 11) is 0. The lowest BCUT2D eigenvalue weighted by molar-refractivity contribution is -0.161. The number of carbonyl (C=O) groups is 2. The molecule has 0 saturated carbocycles. The van der Waals surface area contributed by atoms with Crippen molar-refractivity contribution in [3.05, 3.63) is 10.9 Å². The van der Waals surface area contributed by atoms with Crippen LogP contribution in [0.5, 0.6) is 0 Å². The molecule has 2 aromatic heterocycles. The molecule has 164 valence electrons. The van der Waals surface area contributed by atoms with E-state index in [1.807, 2.05) is 17.9 Å². The highest BCUT2D eigenvalue weighted by molar-refractivity contribution is 7.18. The van der Waals surface area contributed by atoms with E-state index in [4.69, 9.17) is 5.73 Å². The Balaban J connectivity index is 1.81. The number of piperazine rings is 1. The van der Waals surface area contributed by atoms with Gasteiger partial charge in [0.25, 0.3) is 0 Å². The molecule has 3 rings (SSSR count). The Morgan fingerprint density at radius 3 is 2.53 bits per heavy atom. The summed E-state index contributed by atoms with van der Waals surface area (Å²) < 4.78 is 37.5. The van der Waals surface area contributed by atoms with Gasteiger partial charge in [0.05, 0.1) is 5.39 Å². The lowest BCUT2D eigenvalue weighted by Gasteiger charge is -2.35. The number of nitrogens with zero attached hydrogens (tertiary/aromatic N) is 4. The number of nitrogens with two attached hydrogens (primary N) is 1. The van der Waals surface area contributed by atoms with Gasteiger partial charge in [0.15, 0.2) is 0 Å². The molecule has 30 heavy (non-hydrogen) atoms. The number of amides is 2. The van der Waals surface area contributed by atoms with Crippen molar-refractivity contribution in [2.24, 2.45) is 5.73 Å². The number of rotatable bonds is 6. The van der Waals surface area contributed by atoms with Crippen LogP contribution >= 0.6 is 11.3 Å². The van der Waals surface area contributed by atoms with E-state index >= 15 is 0 Å². The summed E-state index contributed by atoms with van der Waals surface area (Å²) in [6.07, 6.45) is -5.01. The van der Waals surface area contributed by atoms with Crippen LogP contribution < -0.4 is 16.0 Å². The Morgan fingerprint density at radius 2 is 1.93 bits per heavy atom. The molecule has 2 amide bonds. The summed E-state index contributed by atoms with van der Waals surface area (Å²) in [6.45, 7) is 3.23. The Morgan fingerprint density at radius 1 is 1.23 bits per heavy atom. The second-order valence-corrected chi connectivity index (χ2v) is 8.02. The van der Waals surface area contributed by atoms with E-state index in [1.165, 1.54) is 16.2 Å². The van der Waals surface area contributed by atoms with Gasteiger partial charge in [-0.2, -0.15) is 18.2 Å². The smallest absolute Gasteiger partial charge is 0.352 e. The average molecular weight is 444 g/mol. The molecule has 1 aliphatic heterocycles. The van der Waals surface area contributed by atoms with Gasteiger partial charge in [-0.3, -0.25) is 14.9 Å². The van der Waals surface area contributed by atoms with Crippen LogP contribution in [0.4, 0.5) is 24.9 Å². The van der Waals surface area contributed by atoms with Gasteiger partial charge in [-0.15, -0.1) is 11.3 Å². The number of nitrogens with one attached hydrogen (secondary N) is 1. The van der Waals surface area contributed by atoms with Gasteiger partial charge in [-0.05, 0) is 12.5 Å². The largest absolute Gasteiger partial charge is 0.397 e. The fourth-order valence-electron chi connectivity index (χ4n) is 3.20. The zero-order valence-electron chi connectivity index (χ0n) is 16.5. The first-order chi connectivity index (χ1) is 14.2. The summed E-state index contributed by atoms with van der Waals surface area (Å²) in [6, 6.07) is 1.99. The monoisotopic (exact) mass is 444 g/mol. The number of hydrogen-bond donors (Lipinski definition) is 2. The Labute approximate surface area is 175 Å². The SMILES string of the molecule is CCc1cc2c(N3CCN(C(=O)CC(F)(F)F)CC3)nc(NC(=O)CCN)nc2s1. The molecule has 8 nitrogen and oxygen atoms in total. The molecule has 12 heteroatoms. The van der Waals surface area contributed by atoms with Crippen LogP contribution in [0.1, 0.15) is 24.6 Å². The minimum absolute atomic E-state index is 0.140. The highest BCUT2D eigenvalue weighted by atomic mass is 32.1. The van der Waals surface area contributed by atoms with Gasteiger partial charge < -0.3 is 15.5 Å². The van der Waals surface area contributed by atoms with Gasteiger partial charge in [0.2, 0.25) is 17.8 Å². The summed E-state index contributed by atoms with van der Waals surface area (Å²) in [5.41, 5.74) is 5.41. The van der Waals surface area contributed by atoms with E-state index in [0.717, 1.165) is 21.5 Å². The Kier molecular flexibility index (Phi) is 6.76. The zero-order valence-corrected chi connectivity index (χ0v) is 17.3. The van der Waals surface area contributed by atoms with E-state index in [-0.39, 0.29) is 37.9 Å². The lowest BCUT2D eigenvalue weighted by Crippen LogP contribution is -2.49. The molecule has 3 N–H and O–H groups in total. The second kappa shape index (κ2) is 9.13. The molecule has 2 aromatic rings. The molecule has 1 aliphatic rings. The van der Waals surface area contributed by atoms with E-state index in [9.17, 15) is 22.8 Å². The molecular formula is C18H23F3N6O2S. The molecular weight excluding hydrogens is 421 g/mol. The fraction of sp³-hybridized carbons (Fsp3) is 0.556. The van der Waals surface area contributed by atoms with Crippen molar-refractivity contribution in [1.82, 2.24) is 14.9 Å². The van der Waals surface area contributed by atoms with Crippen molar-refractivity contribution < 1.29 is 22.8 Å². The third kappa shape index (κ3) is 5.36. The van der Waals surface area contributed by atoms with Crippen molar-refractivity contribution in [3.8, 4) is 0 Å². The van der Waals surface area contributed by atoms with Crippen LogP contribution in [0, 0.1) is 0 Å². The number of fused-ring (bicyclic) bond motifs is 1. The molecule has 0 spiro atoms. The van der Waals surface area contributed by atoms with Crippen LogP contribution in [0.15, 0.2) is 6.07 Å². The Hall–Kier alpha value is -2.47. The maximum absolute atomic E-state index is 12.5. The lowest BCUT2D eigenvalue weighted by atomic mass is 10.2. The highest BCUT2D eigenvalue weighted by Gasteiger charge is 2.34. The molecule has 1 saturated heterocycles. The number of aromatic nitrogens is 2. The zero-order chi connectivity index (χ0) is 21.9. The first-order valence-electron chi connectivity index (χ1n) is 9.60. The number of anilines is 2. The molecule has 0 aromatic carbocycles. The maximum Gasteiger partial charge on any atom is 0.397 e. The molecule has 0 atom stereocenters. The first-order valence-corrected chi connectivity index (χ1v) is 10.4. The quantitative estimate of drug-likeness (QED) is 0.708. The van der Waals surface area contributed by atoms with Crippen LogP contribution in [0.3, 0.4) is 0 Å². The molecule has 3 heterocycles. The van der Waals surface area contributed by atoms with Crippen LogP contribution in [-0.2, 0) is 16.0 Å².